The summed E-state index contributed by atoms with van der Waals surface area (Å²) in [5, 5.41) is 24.1. The third kappa shape index (κ3) is 36.0. The number of nitrogens with one attached hydrogen (secondary N) is 1. The Balaban J connectivity index is 4.24. The van der Waals surface area contributed by atoms with Gasteiger partial charge in [0, 0.05) is 6.54 Å². The molecule has 0 saturated carbocycles. The molecule has 0 heterocycles. The van der Waals surface area contributed by atoms with Gasteiger partial charge in [-0.1, -0.05) is 174 Å². The summed E-state index contributed by atoms with van der Waals surface area (Å²) in [5.74, 6) is -0.422. The summed E-state index contributed by atoms with van der Waals surface area (Å²) >= 11 is 0. The molecular weight excluding hydrogens is 663 g/mol. The standard InChI is InChI=1S/C41H83N2O7P/c1-3-5-7-9-11-13-15-16-17-18-19-20-21-22-23-25-27-29-31-33-40(45)39(37-50-51(47,48)49-35-34-42)43-41(46)36-38(44)32-30-28-26-24-14-12-10-8-6-4-2/h12,14,38-40,44-45H,3-11,13,15-37,42H2,1-2H3,(H,43,46)(H,47,48)/b14-12-. The van der Waals surface area contributed by atoms with Gasteiger partial charge in [0.15, 0.2) is 0 Å². The number of nitrogens with two attached hydrogens (primary N) is 1. The minimum Gasteiger partial charge on any atom is -0.393 e. The van der Waals surface area contributed by atoms with Crippen molar-refractivity contribution in [3.63, 3.8) is 0 Å². The average molecular weight is 747 g/mol. The Hall–Kier alpha value is -0.800. The first-order valence-electron chi connectivity index (χ1n) is 21.4. The molecule has 10 heteroatoms. The molecule has 9 nitrogen and oxygen atoms in total. The van der Waals surface area contributed by atoms with Crippen LogP contribution in [0.1, 0.15) is 206 Å². The van der Waals surface area contributed by atoms with E-state index in [1.807, 2.05) is 0 Å². The second-order valence-electron chi connectivity index (χ2n) is 14.7. The fourth-order valence-electron chi connectivity index (χ4n) is 6.41. The Morgan fingerprint density at radius 1 is 0.647 bits per heavy atom. The van der Waals surface area contributed by atoms with Crippen molar-refractivity contribution in [1.29, 1.82) is 0 Å². The van der Waals surface area contributed by atoms with E-state index in [9.17, 15) is 24.5 Å². The molecule has 6 N–H and O–H groups in total. The first-order chi connectivity index (χ1) is 24.8. The van der Waals surface area contributed by atoms with Crippen molar-refractivity contribution < 1.29 is 33.5 Å². The van der Waals surface area contributed by atoms with Crippen LogP contribution in [0.15, 0.2) is 12.2 Å². The molecule has 0 fully saturated rings. The number of carbonyl (C=O) groups is 1. The van der Waals surface area contributed by atoms with Crippen molar-refractivity contribution in [2.75, 3.05) is 19.8 Å². The number of rotatable bonds is 40. The lowest BCUT2D eigenvalue weighted by atomic mass is 10.0. The van der Waals surface area contributed by atoms with Crippen LogP contribution >= 0.6 is 7.82 Å². The lowest BCUT2D eigenvalue weighted by molar-refractivity contribution is -0.125. The Bertz CT molecular complexity index is 832. The van der Waals surface area contributed by atoms with Crippen molar-refractivity contribution >= 4 is 13.7 Å². The van der Waals surface area contributed by atoms with Crippen LogP contribution in [-0.2, 0) is 18.4 Å². The summed E-state index contributed by atoms with van der Waals surface area (Å²) in [6.07, 6.45) is 36.9. The number of aliphatic hydroxyl groups excluding tert-OH is 2. The first-order valence-corrected chi connectivity index (χ1v) is 22.9. The topological polar surface area (TPSA) is 151 Å². The second kappa shape index (κ2) is 37.5. The van der Waals surface area contributed by atoms with Crippen LogP contribution in [0.4, 0.5) is 0 Å². The zero-order valence-corrected chi connectivity index (χ0v) is 34.1. The number of amides is 1. The summed E-state index contributed by atoms with van der Waals surface area (Å²) in [4.78, 5) is 22.7. The van der Waals surface area contributed by atoms with Gasteiger partial charge in [-0.15, -0.1) is 0 Å². The molecule has 0 aliphatic heterocycles. The highest BCUT2D eigenvalue weighted by Gasteiger charge is 2.28. The number of aliphatic hydroxyl groups is 2. The van der Waals surface area contributed by atoms with Crippen LogP contribution in [0.2, 0.25) is 0 Å². The van der Waals surface area contributed by atoms with E-state index in [-0.39, 0.29) is 26.2 Å². The summed E-state index contributed by atoms with van der Waals surface area (Å²) < 4.78 is 22.1. The van der Waals surface area contributed by atoms with E-state index in [0.717, 1.165) is 51.4 Å². The Morgan fingerprint density at radius 3 is 1.55 bits per heavy atom. The van der Waals surface area contributed by atoms with E-state index in [2.05, 4.69) is 31.3 Å². The van der Waals surface area contributed by atoms with E-state index in [4.69, 9.17) is 14.8 Å². The van der Waals surface area contributed by atoms with E-state index in [1.54, 1.807) is 0 Å². The molecular formula is C41H83N2O7P. The number of allylic oxidation sites excluding steroid dienone is 2. The van der Waals surface area contributed by atoms with E-state index in [0.29, 0.717) is 12.8 Å². The van der Waals surface area contributed by atoms with Gasteiger partial charge in [-0.25, -0.2) is 4.57 Å². The van der Waals surface area contributed by atoms with Crippen LogP contribution in [0.3, 0.4) is 0 Å². The van der Waals surface area contributed by atoms with Gasteiger partial charge in [-0.3, -0.25) is 13.8 Å². The van der Waals surface area contributed by atoms with Gasteiger partial charge < -0.3 is 26.2 Å². The minimum atomic E-state index is -4.37. The number of unbranched alkanes of at least 4 members (excludes halogenated alkanes) is 24. The van der Waals surface area contributed by atoms with Crippen molar-refractivity contribution in [3.05, 3.63) is 12.2 Å². The molecule has 4 atom stereocenters. The maximum Gasteiger partial charge on any atom is 0.472 e. The predicted molar refractivity (Wildman–Crippen MR) is 214 cm³/mol. The number of hydrogen-bond donors (Lipinski definition) is 5. The molecule has 0 aromatic carbocycles. The summed E-state index contributed by atoms with van der Waals surface area (Å²) in [6.45, 7) is 4.01. The first kappa shape index (κ1) is 50.2. The highest BCUT2D eigenvalue weighted by molar-refractivity contribution is 7.47. The van der Waals surface area contributed by atoms with Gasteiger partial charge in [0.05, 0.1) is 37.9 Å². The van der Waals surface area contributed by atoms with Crippen LogP contribution in [-0.4, -0.2) is 59.0 Å². The van der Waals surface area contributed by atoms with Crippen LogP contribution in [0.25, 0.3) is 0 Å². The fourth-order valence-corrected chi connectivity index (χ4v) is 7.17. The molecule has 51 heavy (non-hydrogen) atoms. The normalized spacial score (nSPS) is 14.9. The molecule has 0 bridgehead atoms. The van der Waals surface area contributed by atoms with Gasteiger partial charge in [-0.2, -0.15) is 0 Å². The van der Waals surface area contributed by atoms with Gasteiger partial charge in [0.2, 0.25) is 5.91 Å². The van der Waals surface area contributed by atoms with E-state index < -0.39 is 32.0 Å². The molecule has 0 radical (unpaired) electrons. The molecule has 4 unspecified atom stereocenters. The maximum absolute atomic E-state index is 12.8. The second-order valence-corrected chi connectivity index (χ2v) is 16.2. The molecule has 0 saturated heterocycles. The Morgan fingerprint density at radius 2 is 1.06 bits per heavy atom. The predicted octanol–water partition coefficient (Wildman–Crippen LogP) is 10.6. The van der Waals surface area contributed by atoms with E-state index in [1.165, 1.54) is 122 Å². The monoisotopic (exact) mass is 747 g/mol. The van der Waals surface area contributed by atoms with Crippen molar-refractivity contribution in [2.24, 2.45) is 5.73 Å². The molecule has 1 amide bonds. The highest BCUT2D eigenvalue weighted by Crippen LogP contribution is 2.43. The maximum atomic E-state index is 12.8. The minimum absolute atomic E-state index is 0.0593. The van der Waals surface area contributed by atoms with E-state index >= 15 is 0 Å². The van der Waals surface area contributed by atoms with Crippen LogP contribution in [0, 0.1) is 0 Å². The Labute approximate surface area is 314 Å². The average Bonchev–Trinajstić information content (AvgIpc) is 3.10. The summed E-state index contributed by atoms with van der Waals surface area (Å²) in [5.41, 5.74) is 5.36. The lowest BCUT2D eigenvalue weighted by Crippen LogP contribution is -2.47. The van der Waals surface area contributed by atoms with Gasteiger partial charge in [0.25, 0.3) is 0 Å². The fraction of sp³-hybridized carbons (Fsp3) is 0.927. The zero-order valence-electron chi connectivity index (χ0n) is 33.2. The SMILES string of the molecule is CCCCC/C=C\CCCCCC(O)CC(=O)NC(COP(=O)(O)OCCN)C(O)CCCCCCCCCCCCCCCCCCCCC. The third-order valence-electron chi connectivity index (χ3n) is 9.67. The van der Waals surface area contributed by atoms with Crippen LogP contribution < -0.4 is 11.1 Å². The number of hydrogen-bond acceptors (Lipinski definition) is 7. The molecule has 304 valence electrons. The van der Waals surface area contributed by atoms with Gasteiger partial charge in [0.1, 0.15) is 0 Å². The number of phosphoric ester groups is 1. The molecule has 0 aliphatic rings. The zero-order chi connectivity index (χ0) is 37.7. The lowest BCUT2D eigenvalue weighted by Gasteiger charge is -2.25. The third-order valence-corrected chi connectivity index (χ3v) is 10.7. The van der Waals surface area contributed by atoms with Gasteiger partial charge in [-0.05, 0) is 38.5 Å². The van der Waals surface area contributed by atoms with Crippen LogP contribution in [0.5, 0.6) is 0 Å². The molecule has 0 rings (SSSR count). The number of phosphoric acid groups is 1. The van der Waals surface area contributed by atoms with Crippen molar-refractivity contribution in [2.45, 2.75) is 225 Å². The van der Waals surface area contributed by atoms with Gasteiger partial charge >= 0.3 is 7.82 Å². The van der Waals surface area contributed by atoms with Crippen molar-refractivity contribution in [1.82, 2.24) is 5.32 Å². The molecule has 0 aromatic heterocycles. The summed E-state index contributed by atoms with van der Waals surface area (Å²) in [6, 6.07) is -0.897. The Kier molecular flexibility index (Phi) is 36.9. The quantitative estimate of drug-likeness (QED) is 0.0236. The summed E-state index contributed by atoms with van der Waals surface area (Å²) in [7, 11) is -4.37. The largest absolute Gasteiger partial charge is 0.472 e. The molecule has 0 aliphatic carbocycles. The smallest absolute Gasteiger partial charge is 0.393 e. The van der Waals surface area contributed by atoms with Crippen molar-refractivity contribution in [3.8, 4) is 0 Å². The molecule has 0 aromatic rings. The molecule has 0 spiro atoms. The number of carbonyl (C=O) groups excluding carboxylic acids is 1. The highest BCUT2D eigenvalue weighted by atomic mass is 31.2.